The molecule has 1 aliphatic heterocycles. The largest absolute Gasteiger partial charge is 0.444 e. The van der Waals surface area contributed by atoms with Crippen molar-refractivity contribution < 1.29 is 23.9 Å². The van der Waals surface area contributed by atoms with Gasteiger partial charge in [0.15, 0.2) is 0 Å². The average Bonchev–Trinajstić information content (AvgIpc) is 3.44. The van der Waals surface area contributed by atoms with Crippen molar-refractivity contribution in [3.63, 3.8) is 0 Å². The molecule has 1 aliphatic carbocycles. The average molecular weight is 601 g/mol. The van der Waals surface area contributed by atoms with Gasteiger partial charge >= 0.3 is 6.09 Å². The van der Waals surface area contributed by atoms with E-state index < -0.39 is 23.8 Å². The van der Waals surface area contributed by atoms with E-state index in [1.165, 1.54) is 55.0 Å². The lowest BCUT2D eigenvalue weighted by Crippen LogP contribution is -2.54. The number of rotatable bonds is 10. The smallest absolute Gasteiger partial charge is 0.411 e. The third-order valence-corrected chi connectivity index (χ3v) is 9.07. The van der Waals surface area contributed by atoms with E-state index in [1.807, 2.05) is 30.3 Å². The number of hydrogen-bond acceptors (Lipinski definition) is 8. The first-order chi connectivity index (χ1) is 19.7. The molecule has 2 atom stereocenters. The standard InChI is InChI=1S/C30H40N4O5S2/c1-30(2,3)39-29(37)34-20-41-19-25(34)28(36)33-24(18-40-17-21-10-6-4-7-11-21)27(35)32-22-14-15-26(31-16-22)38-23-12-8-5-9-13-23/h5,8-9,12-16,21,24-25H,4,6-7,10-11,17-20H2,1-3H3,(H,32,35)(H,33,36)/t24-,25-/m0/s1. The molecule has 11 heteroatoms. The predicted octanol–water partition coefficient (Wildman–Crippen LogP) is 5.92. The lowest BCUT2D eigenvalue weighted by molar-refractivity contribution is -0.128. The third kappa shape index (κ3) is 9.85. The van der Waals surface area contributed by atoms with Crippen LogP contribution in [0, 0.1) is 5.92 Å². The van der Waals surface area contributed by atoms with Crippen LogP contribution in [0.3, 0.4) is 0 Å². The van der Waals surface area contributed by atoms with Gasteiger partial charge in [-0.05, 0) is 63.5 Å². The summed E-state index contributed by atoms with van der Waals surface area (Å²) in [6, 6.07) is 11.3. The van der Waals surface area contributed by atoms with Gasteiger partial charge in [0.25, 0.3) is 0 Å². The van der Waals surface area contributed by atoms with Crippen LogP contribution in [0.5, 0.6) is 11.6 Å². The number of anilines is 1. The normalized spacial score (nSPS) is 18.4. The highest BCUT2D eigenvalue weighted by atomic mass is 32.2. The monoisotopic (exact) mass is 600 g/mol. The Morgan fingerprint density at radius 1 is 1.10 bits per heavy atom. The Bertz CT molecular complexity index is 1150. The number of benzene rings is 1. The molecule has 41 heavy (non-hydrogen) atoms. The fourth-order valence-electron chi connectivity index (χ4n) is 4.67. The van der Waals surface area contributed by atoms with Crippen LogP contribution < -0.4 is 15.4 Å². The molecule has 2 fully saturated rings. The van der Waals surface area contributed by atoms with E-state index in [1.54, 1.807) is 44.7 Å². The van der Waals surface area contributed by atoms with Gasteiger partial charge < -0.3 is 20.1 Å². The number of ether oxygens (including phenoxy) is 2. The molecule has 1 saturated heterocycles. The highest BCUT2D eigenvalue weighted by molar-refractivity contribution is 7.99. The second kappa shape index (κ2) is 14.8. The second-order valence-corrected chi connectivity index (χ2v) is 13.4. The minimum atomic E-state index is -0.776. The van der Waals surface area contributed by atoms with Crippen LogP contribution in [-0.2, 0) is 14.3 Å². The molecule has 1 aromatic carbocycles. The highest BCUT2D eigenvalue weighted by Crippen LogP contribution is 2.28. The molecule has 9 nitrogen and oxygen atoms in total. The molecule has 222 valence electrons. The third-order valence-electron chi connectivity index (χ3n) is 6.78. The van der Waals surface area contributed by atoms with Crippen molar-refractivity contribution in [1.29, 1.82) is 0 Å². The van der Waals surface area contributed by atoms with Crippen molar-refractivity contribution in [2.75, 3.05) is 28.5 Å². The molecule has 4 rings (SSSR count). The van der Waals surface area contributed by atoms with Crippen molar-refractivity contribution in [2.45, 2.75) is 70.6 Å². The molecular formula is C30H40N4O5S2. The van der Waals surface area contributed by atoms with Crippen LogP contribution in [0.15, 0.2) is 48.7 Å². The maximum atomic E-state index is 13.4. The number of pyridine rings is 1. The van der Waals surface area contributed by atoms with E-state index >= 15 is 0 Å². The SMILES string of the molecule is CC(C)(C)OC(=O)N1CSC[C@H]1C(=O)N[C@@H](CSCC1CCCCC1)C(=O)Nc1ccc(Oc2ccccc2)nc1. The van der Waals surface area contributed by atoms with Gasteiger partial charge in [0.2, 0.25) is 17.7 Å². The van der Waals surface area contributed by atoms with Crippen molar-refractivity contribution in [2.24, 2.45) is 5.92 Å². The molecule has 0 radical (unpaired) electrons. The summed E-state index contributed by atoms with van der Waals surface area (Å²) in [6.07, 6.45) is 7.22. The second-order valence-electron chi connectivity index (χ2n) is 11.4. The number of para-hydroxylation sites is 1. The van der Waals surface area contributed by atoms with Gasteiger partial charge in [-0.25, -0.2) is 9.78 Å². The summed E-state index contributed by atoms with van der Waals surface area (Å²) >= 11 is 3.18. The lowest BCUT2D eigenvalue weighted by atomic mass is 9.91. The lowest BCUT2D eigenvalue weighted by Gasteiger charge is -2.28. The summed E-state index contributed by atoms with van der Waals surface area (Å²) in [6.45, 7) is 5.38. The molecule has 0 spiro atoms. The summed E-state index contributed by atoms with van der Waals surface area (Å²) in [7, 11) is 0. The number of carbonyl (C=O) groups excluding carboxylic acids is 3. The number of aromatic nitrogens is 1. The minimum Gasteiger partial charge on any atom is -0.444 e. The zero-order valence-corrected chi connectivity index (χ0v) is 25.6. The Morgan fingerprint density at radius 3 is 2.54 bits per heavy atom. The van der Waals surface area contributed by atoms with Gasteiger partial charge in [0, 0.05) is 17.6 Å². The van der Waals surface area contributed by atoms with Crippen molar-refractivity contribution in [3.8, 4) is 11.6 Å². The molecule has 2 N–H and O–H groups in total. The maximum Gasteiger partial charge on any atom is 0.411 e. The summed E-state index contributed by atoms with van der Waals surface area (Å²) in [5.41, 5.74) is -0.169. The van der Waals surface area contributed by atoms with Crippen molar-refractivity contribution in [3.05, 3.63) is 48.7 Å². The van der Waals surface area contributed by atoms with E-state index in [-0.39, 0.29) is 11.8 Å². The topological polar surface area (TPSA) is 110 Å². The summed E-state index contributed by atoms with van der Waals surface area (Å²) < 4.78 is 11.2. The number of nitrogens with one attached hydrogen (secondary N) is 2. The molecule has 2 aromatic rings. The fraction of sp³-hybridized carbons (Fsp3) is 0.533. The Labute approximate surface area is 250 Å². The predicted molar refractivity (Wildman–Crippen MR) is 164 cm³/mol. The molecule has 2 heterocycles. The van der Waals surface area contributed by atoms with E-state index in [0.717, 1.165) is 5.75 Å². The molecule has 3 amide bonds. The maximum absolute atomic E-state index is 13.4. The van der Waals surface area contributed by atoms with Crippen LogP contribution in [0.4, 0.5) is 10.5 Å². The van der Waals surface area contributed by atoms with Gasteiger partial charge in [-0.2, -0.15) is 11.8 Å². The van der Waals surface area contributed by atoms with Gasteiger partial charge in [-0.3, -0.25) is 14.5 Å². The summed E-state index contributed by atoms with van der Waals surface area (Å²) in [5.74, 6) is 3.22. The minimum absolute atomic E-state index is 0.331. The first-order valence-corrected chi connectivity index (χ1v) is 16.4. The quantitative estimate of drug-likeness (QED) is 0.346. The zero-order chi connectivity index (χ0) is 29.2. The molecular weight excluding hydrogens is 560 g/mol. The number of nitrogens with zero attached hydrogens (tertiary/aromatic N) is 2. The fourth-order valence-corrected chi connectivity index (χ4v) is 7.09. The Morgan fingerprint density at radius 2 is 1.85 bits per heavy atom. The number of thioether (sulfide) groups is 2. The van der Waals surface area contributed by atoms with Gasteiger partial charge in [0.1, 0.15) is 23.4 Å². The number of amides is 3. The zero-order valence-electron chi connectivity index (χ0n) is 24.0. The first-order valence-electron chi connectivity index (χ1n) is 14.1. The van der Waals surface area contributed by atoms with Gasteiger partial charge in [0.05, 0.1) is 17.8 Å². The molecule has 0 bridgehead atoms. The number of hydrogen-bond donors (Lipinski definition) is 2. The molecule has 2 aliphatic rings. The van der Waals surface area contributed by atoms with Gasteiger partial charge in [-0.1, -0.05) is 37.5 Å². The van der Waals surface area contributed by atoms with E-state index in [0.29, 0.717) is 40.6 Å². The highest BCUT2D eigenvalue weighted by Gasteiger charge is 2.38. The van der Waals surface area contributed by atoms with E-state index in [2.05, 4.69) is 15.6 Å². The first kappa shape index (κ1) is 31.0. The van der Waals surface area contributed by atoms with Gasteiger partial charge in [-0.15, -0.1) is 11.8 Å². The molecule has 0 unspecified atom stereocenters. The van der Waals surface area contributed by atoms with Crippen molar-refractivity contribution in [1.82, 2.24) is 15.2 Å². The van der Waals surface area contributed by atoms with Crippen LogP contribution in [0.2, 0.25) is 0 Å². The van der Waals surface area contributed by atoms with E-state index in [4.69, 9.17) is 9.47 Å². The van der Waals surface area contributed by atoms with Crippen LogP contribution in [0.25, 0.3) is 0 Å². The summed E-state index contributed by atoms with van der Waals surface area (Å²) in [5, 5.41) is 5.82. The van der Waals surface area contributed by atoms with Crippen LogP contribution >= 0.6 is 23.5 Å². The Balaban J connectivity index is 1.39. The Hall–Kier alpha value is -2.92. The molecule has 1 aromatic heterocycles. The van der Waals surface area contributed by atoms with Crippen LogP contribution in [-0.4, -0.2) is 68.6 Å². The van der Waals surface area contributed by atoms with Crippen molar-refractivity contribution >= 4 is 47.1 Å². The summed E-state index contributed by atoms with van der Waals surface area (Å²) in [4.78, 5) is 45.3. The molecule has 1 saturated carbocycles. The number of carbonyl (C=O) groups is 3. The van der Waals surface area contributed by atoms with E-state index in [9.17, 15) is 14.4 Å². The van der Waals surface area contributed by atoms with Crippen LogP contribution in [0.1, 0.15) is 52.9 Å². The Kier molecular flexibility index (Phi) is 11.2.